The van der Waals surface area contributed by atoms with Crippen molar-refractivity contribution in [2.45, 2.75) is 56.5 Å². The third-order valence-electron chi connectivity index (χ3n) is 5.77. The van der Waals surface area contributed by atoms with Gasteiger partial charge in [-0.25, -0.2) is 0 Å². The lowest BCUT2D eigenvalue weighted by Gasteiger charge is -2.54. The van der Waals surface area contributed by atoms with Crippen LogP contribution in [0.25, 0.3) is 0 Å². The van der Waals surface area contributed by atoms with Crippen LogP contribution in [-0.4, -0.2) is 17.5 Å². The van der Waals surface area contributed by atoms with Crippen LogP contribution >= 0.6 is 0 Å². The second-order valence-electron chi connectivity index (χ2n) is 7.09. The van der Waals surface area contributed by atoms with Crippen molar-refractivity contribution in [3.05, 3.63) is 0 Å². The highest BCUT2D eigenvalue weighted by atomic mass is 16.2. The predicted molar refractivity (Wildman–Crippen MR) is 65.1 cm³/mol. The first-order chi connectivity index (χ1) is 8.14. The first-order valence-corrected chi connectivity index (χ1v) is 7.24. The molecule has 0 atom stereocenters. The molecular formula is C14H22N2O. The van der Waals surface area contributed by atoms with E-state index in [9.17, 15) is 4.79 Å². The fourth-order valence-corrected chi connectivity index (χ4v) is 4.82. The topological polar surface area (TPSA) is 55.1 Å². The fourth-order valence-electron chi connectivity index (χ4n) is 4.82. The lowest BCUT2D eigenvalue weighted by molar-refractivity contribution is -0.127. The van der Waals surface area contributed by atoms with Crippen LogP contribution in [0.5, 0.6) is 0 Å². The number of nitrogens with two attached hydrogens (primary N) is 1. The monoisotopic (exact) mass is 234 g/mol. The molecular weight excluding hydrogens is 212 g/mol. The Bertz CT molecular complexity index is 333. The molecule has 3 heteroatoms. The summed E-state index contributed by atoms with van der Waals surface area (Å²) in [4.78, 5) is 12.1. The molecule has 17 heavy (non-hydrogen) atoms. The van der Waals surface area contributed by atoms with E-state index >= 15 is 0 Å². The van der Waals surface area contributed by atoms with E-state index in [-0.39, 0.29) is 5.91 Å². The minimum atomic E-state index is -0.491. The summed E-state index contributed by atoms with van der Waals surface area (Å²) in [6.07, 6.45) is 8.66. The zero-order chi connectivity index (χ0) is 11.6. The number of carbonyl (C=O) groups excluding carboxylic acids is 1. The van der Waals surface area contributed by atoms with Crippen molar-refractivity contribution in [1.29, 1.82) is 0 Å². The zero-order valence-corrected chi connectivity index (χ0v) is 10.3. The fraction of sp³-hybridized carbons (Fsp3) is 0.929. The maximum absolute atomic E-state index is 12.1. The van der Waals surface area contributed by atoms with E-state index in [1.807, 2.05) is 0 Å². The molecule has 94 valence electrons. The SMILES string of the molecule is NC1(C(=O)NC2C3CC4CC(C3)CC2C4)CC1. The molecule has 0 aromatic heterocycles. The molecule has 0 radical (unpaired) electrons. The van der Waals surface area contributed by atoms with Gasteiger partial charge in [-0.2, -0.15) is 0 Å². The van der Waals surface area contributed by atoms with Crippen molar-refractivity contribution in [3.8, 4) is 0 Å². The summed E-state index contributed by atoms with van der Waals surface area (Å²) in [5, 5.41) is 3.30. The summed E-state index contributed by atoms with van der Waals surface area (Å²) in [5.41, 5.74) is 5.49. The van der Waals surface area contributed by atoms with Crippen LogP contribution in [0.1, 0.15) is 44.9 Å². The van der Waals surface area contributed by atoms with Gasteiger partial charge in [-0.15, -0.1) is 0 Å². The molecule has 0 saturated heterocycles. The van der Waals surface area contributed by atoms with Gasteiger partial charge in [-0.05, 0) is 68.6 Å². The molecule has 1 amide bonds. The molecule has 0 heterocycles. The number of amides is 1. The van der Waals surface area contributed by atoms with E-state index in [1.165, 1.54) is 32.1 Å². The highest BCUT2D eigenvalue weighted by Crippen LogP contribution is 2.53. The Balaban J connectivity index is 1.49. The average Bonchev–Trinajstić information content (AvgIpc) is 3.02. The van der Waals surface area contributed by atoms with Gasteiger partial charge < -0.3 is 11.1 Å². The maximum atomic E-state index is 12.1. The standard InChI is InChI=1S/C14H22N2O/c15-14(1-2-14)13(17)16-12-10-4-8-3-9(6-10)7-11(12)5-8/h8-12H,1-7,15H2,(H,16,17). The third-order valence-corrected chi connectivity index (χ3v) is 5.77. The van der Waals surface area contributed by atoms with Crippen molar-refractivity contribution in [1.82, 2.24) is 5.32 Å². The largest absolute Gasteiger partial charge is 0.351 e. The lowest BCUT2D eigenvalue weighted by atomic mass is 9.54. The molecule has 3 N–H and O–H groups in total. The molecule has 4 bridgehead atoms. The summed E-state index contributed by atoms with van der Waals surface area (Å²) in [6, 6.07) is 0.455. The van der Waals surface area contributed by atoms with E-state index in [4.69, 9.17) is 5.73 Å². The van der Waals surface area contributed by atoms with Gasteiger partial charge in [0.25, 0.3) is 0 Å². The summed E-state index contributed by atoms with van der Waals surface area (Å²) < 4.78 is 0. The van der Waals surface area contributed by atoms with Crippen LogP contribution in [0, 0.1) is 23.7 Å². The van der Waals surface area contributed by atoms with Crippen LogP contribution in [-0.2, 0) is 4.79 Å². The first kappa shape index (κ1) is 10.4. The van der Waals surface area contributed by atoms with Crippen molar-refractivity contribution in [2.24, 2.45) is 29.4 Å². The Morgan fingerprint density at radius 1 is 1.00 bits per heavy atom. The number of hydrogen-bond acceptors (Lipinski definition) is 2. The van der Waals surface area contributed by atoms with Gasteiger partial charge in [0.2, 0.25) is 5.91 Å². The molecule has 5 saturated carbocycles. The van der Waals surface area contributed by atoms with Gasteiger partial charge in [-0.3, -0.25) is 4.79 Å². The zero-order valence-electron chi connectivity index (χ0n) is 10.3. The van der Waals surface area contributed by atoms with E-state index in [2.05, 4.69) is 5.32 Å². The number of nitrogens with one attached hydrogen (secondary N) is 1. The number of carbonyl (C=O) groups is 1. The van der Waals surface area contributed by atoms with Crippen LogP contribution in [0.4, 0.5) is 0 Å². The summed E-state index contributed by atoms with van der Waals surface area (Å²) >= 11 is 0. The van der Waals surface area contributed by atoms with E-state index < -0.39 is 5.54 Å². The molecule has 5 fully saturated rings. The van der Waals surface area contributed by atoms with Crippen LogP contribution < -0.4 is 11.1 Å². The maximum Gasteiger partial charge on any atom is 0.240 e. The summed E-state index contributed by atoms with van der Waals surface area (Å²) in [6.45, 7) is 0. The normalized spacial score (nSPS) is 49.1. The van der Waals surface area contributed by atoms with Crippen molar-refractivity contribution in [3.63, 3.8) is 0 Å². The summed E-state index contributed by atoms with van der Waals surface area (Å²) in [7, 11) is 0. The predicted octanol–water partition coefficient (Wildman–Crippen LogP) is 1.42. The lowest BCUT2D eigenvalue weighted by Crippen LogP contribution is -2.58. The van der Waals surface area contributed by atoms with E-state index in [1.54, 1.807) is 0 Å². The molecule has 0 aliphatic heterocycles. The Labute approximate surface area is 103 Å². The molecule has 5 rings (SSSR count). The van der Waals surface area contributed by atoms with Crippen LogP contribution in [0.3, 0.4) is 0 Å². The molecule has 5 aliphatic carbocycles. The van der Waals surface area contributed by atoms with Gasteiger partial charge in [0.15, 0.2) is 0 Å². The Morgan fingerprint density at radius 2 is 1.53 bits per heavy atom. The molecule has 0 aromatic rings. The van der Waals surface area contributed by atoms with Crippen LogP contribution in [0.15, 0.2) is 0 Å². The van der Waals surface area contributed by atoms with Crippen molar-refractivity contribution < 1.29 is 4.79 Å². The molecule has 0 spiro atoms. The molecule has 5 aliphatic rings. The molecule has 0 unspecified atom stereocenters. The number of rotatable bonds is 2. The summed E-state index contributed by atoms with van der Waals surface area (Å²) in [5.74, 6) is 3.60. The Hall–Kier alpha value is -0.570. The minimum Gasteiger partial charge on any atom is -0.351 e. The smallest absolute Gasteiger partial charge is 0.240 e. The van der Waals surface area contributed by atoms with E-state index in [0.29, 0.717) is 6.04 Å². The quantitative estimate of drug-likeness (QED) is 0.759. The van der Waals surface area contributed by atoms with Gasteiger partial charge in [-0.1, -0.05) is 0 Å². The Kier molecular flexibility index (Phi) is 1.98. The highest BCUT2D eigenvalue weighted by Gasteiger charge is 2.52. The second kappa shape index (κ2) is 3.25. The molecule has 0 aromatic carbocycles. The first-order valence-electron chi connectivity index (χ1n) is 7.24. The van der Waals surface area contributed by atoms with Gasteiger partial charge in [0.1, 0.15) is 0 Å². The second-order valence-corrected chi connectivity index (χ2v) is 7.09. The van der Waals surface area contributed by atoms with Gasteiger partial charge >= 0.3 is 0 Å². The van der Waals surface area contributed by atoms with Gasteiger partial charge in [0.05, 0.1) is 5.54 Å². The average molecular weight is 234 g/mol. The van der Waals surface area contributed by atoms with Crippen molar-refractivity contribution in [2.75, 3.05) is 0 Å². The third kappa shape index (κ3) is 1.55. The van der Waals surface area contributed by atoms with Gasteiger partial charge in [0, 0.05) is 6.04 Å². The molecule has 3 nitrogen and oxygen atoms in total. The number of hydrogen-bond donors (Lipinski definition) is 2. The van der Waals surface area contributed by atoms with Crippen molar-refractivity contribution >= 4 is 5.91 Å². The Morgan fingerprint density at radius 3 is 2.00 bits per heavy atom. The van der Waals surface area contributed by atoms with Crippen LogP contribution in [0.2, 0.25) is 0 Å². The minimum absolute atomic E-state index is 0.134. The van der Waals surface area contributed by atoms with E-state index in [0.717, 1.165) is 36.5 Å². The highest BCUT2D eigenvalue weighted by molar-refractivity contribution is 5.89.